The van der Waals surface area contributed by atoms with E-state index in [1.165, 1.54) is 25.9 Å². The Morgan fingerprint density at radius 2 is 2.14 bits per heavy atom. The van der Waals surface area contributed by atoms with E-state index in [9.17, 15) is 0 Å². The highest BCUT2D eigenvalue weighted by atomic mass is 35.5. The number of hydrogen-bond donors (Lipinski definition) is 0. The number of halogens is 1. The van der Waals surface area contributed by atoms with Gasteiger partial charge >= 0.3 is 0 Å². The maximum Gasteiger partial charge on any atom is 0.127 e. The molecule has 2 aromatic rings. The molecule has 0 spiro atoms. The number of alkyl halides is 1. The molecule has 4 nitrogen and oxygen atoms in total. The fourth-order valence-corrected chi connectivity index (χ4v) is 3.41. The summed E-state index contributed by atoms with van der Waals surface area (Å²) in [5, 5.41) is -0.0758. The molecule has 0 N–H and O–H groups in total. The van der Waals surface area contributed by atoms with Crippen LogP contribution in [0.3, 0.4) is 0 Å². The van der Waals surface area contributed by atoms with Crippen LogP contribution in [0.25, 0.3) is 11.0 Å². The maximum atomic E-state index is 6.33. The minimum absolute atomic E-state index is 0.0758. The number of fused-ring (bicyclic) bond motifs is 1. The standard InChI is InChI=1S/C16H23ClN4/c1-3-20-8-5-13(6-9-20)11-21-15-4-7-18-10-14(15)19-16(21)12(2)17/h4,7,10,12-13H,3,5-6,8-9,11H2,1-2H3. The summed E-state index contributed by atoms with van der Waals surface area (Å²) < 4.78 is 2.31. The van der Waals surface area contributed by atoms with Gasteiger partial charge in [-0.3, -0.25) is 4.98 Å². The Labute approximate surface area is 131 Å². The second-order valence-corrected chi connectivity index (χ2v) is 6.59. The highest BCUT2D eigenvalue weighted by Crippen LogP contribution is 2.27. The van der Waals surface area contributed by atoms with Gasteiger partial charge in [0, 0.05) is 12.7 Å². The molecule has 114 valence electrons. The van der Waals surface area contributed by atoms with Crippen molar-refractivity contribution in [2.24, 2.45) is 5.92 Å². The summed E-state index contributed by atoms with van der Waals surface area (Å²) in [7, 11) is 0. The molecule has 1 saturated heterocycles. The van der Waals surface area contributed by atoms with Crippen LogP contribution in [0.1, 0.15) is 37.9 Å². The first-order valence-electron chi connectivity index (χ1n) is 7.85. The largest absolute Gasteiger partial charge is 0.326 e. The van der Waals surface area contributed by atoms with Crippen LogP contribution in [0.2, 0.25) is 0 Å². The van der Waals surface area contributed by atoms with Crippen molar-refractivity contribution in [3.63, 3.8) is 0 Å². The molecule has 2 aromatic heterocycles. The fraction of sp³-hybridized carbons (Fsp3) is 0.625. The zero-order chi connectivity index (χ0) is 14.8. The van der Waals surface area contributed by atoms with E-state index in [0.717, 1.165) is 29.9 Å². The van der Waals surface area contributed by atoms with Crippen LogP contribution in [0.4, 0.5) is 0 Å². The SMILES string of the molecule is CCN1CCC(Cn2c(C(C)Cl)nc3cnccc32)CC1. The number of rotatable bonds is 4. The van der Waals surface area contributed by atoms with Crippen molar-refractivity contribution < 1.29 is 0 Å². The van der Waals surface area contributed by atoms with Gasteiger partial charge in [-0.25, -0.2) is 4.98 Å². The molecule has 3 heterocycles. The second kappa shape index (κ2) is 6.32. The molecule has 0 aliphatic carbocycles. The topological polar surface area (TPSA) is 34.0 Å². The van der Waals surface area contributed by atoms with E-state index < -0.39 is 0 Å². The lowest BCUT2D eigenvalue weighted by molar-refractivity contribution is 0.181. The maximum absolute atomic E-state index is 6.33. The van der Waals surface area contributed by atoms with Gasteiger partial charge < -0.3 is 9.47 Å². The Balaban J connectivity index is 1.84. The number of piperidine rings is 1. The Hall–Kier alpha value is -1.13. The first kappa shape index (κ1) is 14.8. The van der Waals surface area contributed by atoms with Crippen molar-refractivity contribution in [2.75, 3.05) is 19.6 Å². The number of pyridine rings is 1. The summed E-state index contributed by atoms with van der Waals surface area (Å²) in [5.41, 5.74) is 2.11. The zero-order valence-electron chi connectivity index (χ0n) is 12.8. The van der Waals surface area contributed by atoms with Crippen LogP contribution in [0.15, 0.2) is 18.5 Å². The van der Waals surface area contributed by atoms with Gasteiger partial charge in [0.1, 0.15) is 11.3 Å². The lowest BCUT2D eigenvalue weighted by atomic mass is 9.96. The molecule has 1 fully saturated rings. The highest BCUT2D eigenvalue weighted by molar-refractivity contribution is 6.20. The third-order valence-corrected chi connectivity index (χ3v) is 4.73. The summed E-state index contributed by atoms with van der Waals surface area (Å²) >= 11 is 6.33. The Morgan fingerprint density at radius 1 is 1.38 bits per heavy atom. The molecule has 1 unspecified atom stereocenters. The van der Waals surface area contributed by atoms with Gasteiger partial charge in [-0.15, -0.1) is 11.6 Å². The molecular weight excluding hydrogens is 284 g/mol. The molecule has 1 aliphatic rings. The summed E-state index contributed by atoms with van der Waals surface area (Å²) in [5.74, 6) is 1.69. The third kappa shape index (κ3) is 3.06. The van der Waals surface area contributed by atoms with Crippen LogP contribution >= 0.6 is 11.6 Å². The first-order valence-corrected chi connectivity index (χ1v) is 8.29. The molecule has 0 radical (unpaired) electrons. The number of imidazole rings is 1. The van der Waals surface area contributed by atoms with Gasteiger partial charge in [-0.1, -0.05) is 6.92 Å². The summed E-state index contributed by atoms with van der Waals surface area (Å²) in [6.07, 6.45) is 6.18. The van der Waals surface area contributed by atoms with Gasteiger partial charge in [-0.05, 0) is 51.4 Å². The quantitative estimate of drug-likeness (QED) is 0.811. The van der Waals surface area contributed by atoms with Gasteiger partial charge in [0.05, 0.1) is 17.1 Å². The molecule has 5 heteroatoms. The van der Waals surface area contributed by atoms with Gasteiger partial charge in [0.15, 0.2) is 0 Å². The average molecular weight is 307 g/mol. The number of hydrogen-bond acceptors (Lipinski definition) is 3. The Bertz CT molecular complexity index is 599. The number of aromatic nitrogens is 3. The predicted octanol–water partition coefficient (Wildman–Crippen LogP) is 3.46. The van der Waals surface area contributed by atoms with Crippen LogP contribution < -0.4 is 0 Å². The number of likely N-dealkylation sites (tertiary alicyclic amines) is 1. The molecule has 0 amide bonds. The minimum Gasteiger partial charge on any atom is -0.326 e. The Kier molecular flexibility index (Phi) is 4.45. The van der Waals surface area contributed by atoms with Crippen LogP contribution in [-0.4, -0.2) is 39.1 Å². The highest BCUT2D eigenvalue weighted by Gasteiger charge is 2.22. The van der Waals surface area contributed by atoms with Crippen LogP contribution in [0, 0.1) is 5.92 Å². The van der Waals surface area contributed by atoms with Crippen molar-refractivity contribution in [2.45, 2.75) is 38.6 Å². The van der Waals surface area contributed by atoms with Crippen molar-refractivity contribution in [1.82, 2.24) is 19.4 Å². The molecule has 21 heavy (non-hydrogen) atoms. The summed E-state index contributed by atoms with van der Waals surface area (Å²) in [6.45, 7) is 8.83. The molecule has 0 saturated carbocycles. The van der Waals surface area contributed by atoms with Crippen molar-refractivity contribution in [1.29, 1.82) is 0 Å². The van der Waals surface area contributed by atoms with E-state index in [2.05, 4.69) is 26.4 Å². The smallest absolute Gasteiger partial charge is 0.127 e. The third-order valence-electron chi connectivity index (χ3n) is 4.53. The number of nitrogens with zero attached hydrogens (tertiary/aromatic N) is 4. The lowest BCUT2D eigenvalue weighted by Gasteiger charge is -2.31. The second-order valence-electron chi connectivity index (χ2n) is 5.94. The van der Waals surface area contributed by atoms with Gasteiger partial charge in [-0.2, -0.15) is 0 Å². The molecule has 1 aliphatic heterocycles. The van der Waals surface area contributed by atoms with E-state index in [-0.39, 0.29) is 5.38 Å². The molecule has 3 rings (SSSR count). The molecule has 0 aromatic carbocycles. The van der Waals surface area contributed by atoms with Gasteiger partial charge in [0.25, 0.3) is 0 Å². The zero-order valence-corrected chi connectivity index (χ0v) is 13.6. The molecule has 0 bridgehead atoms. The molecular formula is C16H23ClN4. The van der Waals surface area contributed by atoms with Crippen molar-refractivity contribution in [3.8, 4) is 0 Å². The molecule has 1 atom stereocenters. The van der Waals surface area contributed by atoms with Crippen LogP contribution in [-0.2, 0) is 6.54 Å². The minimum atomic E-state index is -0.0758. The van der Waals surface area contributed by atoms with E-state index in [0.29, 0.717) is 5.92 Å². The normalized spacial score (nSPS) is 19.2. The summed E-state index contributed by atoms with van der Waals surface area (Å²) in [6, 6.07) is 2.05. The van der Waals surface area contributed by atoms with Crippen molar-refractivity contribution >= 4 is 22.6 Å². The Morgan fingerprint density at radius 3 is 2.81 bits per heavy atom. The average Bonchev–Trinajstić information content (AvgIpc) is 2.87. The fourth-order valence-electron chi connectivity index (χ4n) is 3.24. The van der Waals surface area contributed by atoms with E-state index in [1.54, 1.807) is 0 Å². The van der Waals surface area contributed by atoms with E-state index >= 15 is 0 Å². The predicted molar refractivity (Wildman–Crippen MR) is 86.6 cm³/mol. The monoisotopic (exact) mass is 306 g/mol. The van der Waals surface area contributed by atoms with Gasteiger partial charge in [0.2, 0.25) is 0 Å². The first-order chi connectivity index (χ1) is 10.2. The van der Waals surface area contributed by atoms with Crippen LogP contribution in [0.5, 0.6) is 0 Å². The summed E-state index contributed by atoms with van der Waals surface area (Å²) in [4.78, 5) is 11.4. The van der Waals surface area contributed by atoms with E-state index in [4.69, 9.17) is 11.6 Å². The lowest BCUT2D eigenvalue weighted by Crippen LogP contribution is -2.34. The van der Waals surface area contributed by atoms with Crippen molar-refractivity contribution in [3.05, 3.63) is 24.3 Å². The van der Waals surface area contributed by atoms with E-state index in [1.807, 2.05) is 25.4 Å².